The number of amides is 1. The third-order valence-electron chi connectivity index (χ3n) is 5.91. The first-order chi connectivity index (χ1) is 13.3. The van der Waals surface area contributed by atoms with E-state index in [1.807, 2.05) is 18.9 Å². The molecule has 1 spiro atoms. The number of hydrogen-bond acceptors (Lipinski definition) is 6. The molecule has 0 radical (unpaired) electrons. The predicted molar refractivity (Wildman–Crippen MR) is 103 cm³/mol. The van der Waals surface area contributed by atoms with E-state index in [0.29, 0.717) is 44.1 Å². The van der Waals surface area contributed by atoms with Crippen LogP contribution >= 0.6 is 0 Å². The van der Waals surface area contributed by atoms with Crippen LogP contribution < -0.4 is 4.90 Å². The van der Waals surface area contributed by atoms with Crippen LogP contribution in [0.3, 0.4) is 0 Å². The van der Waals surface area contributed by atoms with Crippen molar-refractivity contribution in [3.63, 3.8) is 0 Å². The van der Waals surface area contributed by atoms with Crippen molar-refractivity contribution < 1.29 is 19.4 Å². The Morgan fingerprint density at radius 1 is 1.25 bits per heavy atom. The standard InChI is InChI=1S/C19H25N5O4/c1-12-15-16(14(18(26)27)10-20-17(15)22(3)21-12)24-8-9-28-19(11-24)4-6-23(7-5-19)13(2)25/h10H,4-9,11H2,1-3H3,(H,26,27). The van der Waals surface area contributed by atoms with Crippen LogP contribution in [0.15, 0.2) is 6.20 Å². The molecule has 2 saturated heterocycles. The molecule has 1 N–H and O–H groups in total. The number of nitrogens with zero attached hydrogens (tertiary/aromatic N) is 5. The molecule has 4 heterocycles. The van der Waals surface area contributed by atoms with Gasteiger partial charge in [0.25, 0.3) is 0 Å². The molecule has 2 fully saturated rings. The van der Waals surface area contributed by atoms with Gasteiger partial charge in [0.1, 0.15) is 5.56 Å². The van der Waals surface area contributed by atoms with Gasteiger partial charge in [0.05, 0.1) is 29.0 Å². The number of aromatic carboxylic acids is 1. The fraction of sp³-hybridized carbons (Fsp3) is 0.579. The van der Waals surface area contributed by atoms with Crippen molar-refractivity contribution in [2.75, 3.05) is 37.7 Å². The summed E-state index contributed by atoms with van der Waals surface area (Å²) in [5.74, 6) is -0.919. The summed E-state index contributed by atoms with van der Waals surface area (Å²) < 4.78 is 7.85. The molecule has 1 amide bonds. The van der Waals surface area contributed by atoms with Crippen LogP contribution in [0.5, 0.6) is 0 Å². The second-order valence-electron chi connectivity index (χ2n) is 7.69. The lowest BCUT2D eigenvalue weighted by atomic mass is 9.88. The van der Waals surface area contributed by atoms with Crippen molar-refractivity contribution in [2.45, 2.75) is 32.3 Å². The lowest BCUT2D eigenvalue weighted by molar-refractivity contribution is -0.137. The van der Waals surface area contributed by atoms with Crippen molar-refractivity contribution in [1.82, 2.24) is 19.7 Å². The normalized spacial score (nSPS) is 19.4. The van der Waals surface area contributed by atoms with Crippen LogP contribution in [0.1, 0.15) is 35.8 Å². The van der Waals surface area contributed by atoms with Gasteiger partial charge in [0, 0.05) is 46.3 Å². The summed E-state index contributed by atoms with van der Waals surface area (Å²) in [6.45, 7) is 6.49. The predicted octanol–water partition coefficient (Wildman–Crippen LogP) is 1.19. The summed E-state index contributed by atoms with van der Waals surface area (Å²) in [5.41, 5.74) is 1.91. The Labute approximate surface area is 162 Å². The molecule has 28 heavy (non-hydrogen) atoms. The molecule has 9 nitrogen and oxygen atoms in total. The number of carbonyl (C=O) groups is 2. The number of rotatable bonds is 2. The number of morpholine rings is 1. The minimum atomic E-state index is -1.00. The van der Waals surface area contributed by atoms with Gasteiger partial charge in [-0.05, 0) is 19.8 Å². The van der Waals surface area contributed by atoms with Gasteiger partial charge in [-0.3, -0.25) is 9.48 Å². The van der Waals surface area contributed by atoms with Gasteiger partial charge in [-0.25, -0.2) is 9.78 Å². The molecule has 2 aromatic heterocycles. The molecule has 150 valence electrons. The highest BCUT2D eigenvalue weighted by molar-refractivity contribution is 6.04. The highest BCUT2D eigenvalue weighted by Gasteiger charge is 2.41. The topological polar surface area (TPSA) is 101 Å². The van der Waals surface area contributed by atoms with E-state index in [-0.39, 0.29) is 17.1 Å². The van der Waals surface area contributed by atoms with E-state index < -0.39 is 5.97 Å². The minimum absolute atomic E-state index is 0.0810. The Kier molecular flexibility index (Phi) is 4.49. The number of carboxylic acid groups (broad SMARTS) is 1. The van der Waals surface area contributed by atoms with E-state index in [1.165, 1.54) is 6.20 Å². The number of hydrogen-bond donors (Lipinski definition) is 1. The maximum absolute atomic E-state index is 11.9. The molecule has 4 rings (SSSR count). The molecule has 0 aliphatic carbocycles. The van der Waals surface area contributed by atoms with Crippen molar-refractivity contribution >= 4 is 28.6 Å². The summed E-state index contributed by atoms with van der Waals surface area (Å²) in [4.78, 5) is 31.9. The molecular formula is C19H25N5O4. The van der Waals surface area contributed by atoms with Crippen LogP contribution in [-0.2, 0) is 16.6 Å². The van der Waals surface area contributed by atoms with Crippen LogP contribution in [0, 0.1) is 6.92 Å². The number of anilines is 1. The smallest absolute Gasteiger partial charge is 0.339 e. The minimum Gasteiger partial charge on any atom is -0.478 e. The number of ether oxygens (including phenoxy) is 1. The quantitative estimate of drug-likeness (QED) is 0.826. The van der Waals surface area contributed by atoms with Gasteiger partial charge in [0.2, 0.25) is 5.91 Å². The molecule has 0 aromatic carbocycles. The SMILES string of the molecule is CC(=O)N1CCC2(CC1)CN(c1c(C(=O)O)cnc3c1c(C)nn3C)CCO2. The Balaban J connectivity index is 1.73. The largest absolute Gasteiger partial charge is 0.478 e. The Morgan fingerprint density at radius 2 is 1.96 bits per heavy atom. The molecule has 0 saturated carbocycles. The summed E-state index contributed by atoms with van der Waals surface area (Å²) in [6.07, 6.45) is 2.90. The molecule has 0 unspecified atom stereocenters. The third-order valence-corrected chi connectivity index (χ3v) is 5.91. The van der Waals surface area contributed by atoms with Gasteiger partial charge in [0.15, 0.2) is 5.65 Å². The Hall–Kier alpha value is -2.68. The summed E-state index contributed by atoms with van der Waals surface area (Å²) in [6, 6.07) is 0. The zero-order valence-corrected chi connectivity index (χ0v) is 16.4. The van der Waals surface area contributed by atoms with E-state index in [1.54, 1.807) is 11.6 Å². The molecule has 0 bridgehead atoms. The first-order valence-electron chi connectivity index (χ1n) is 9.51. The third kappa shape index (κ3) is 2.99. The number of aryl methyl sites for hydroxylation is 2. The average Bonchev–Trinajstić information content (AvgIpc) is 2.95. The number of likely N-dealkylation sites (tertiary alicyclic amines) is 1. The highest BCUT2D eigenvalue weighted by atomic mass is 16.5. The summed E-state index contributed by atoms with van der Waals surface area (Å²) in [7, 11) is 1.81. The lowest BCUT2D eigenvalue weighted by Crippen LogP contribution is -2.57. The monoisotopic (exact) mass is 387 g/mol. The second kappa shape index (κ2) is 6.73. The van der Waals surface area contributed by atoms with E-state index in [2.05, 4.69) is 15.0 Å². The van der Waals surface area contributed by atoms with Gasteiger partial charge in [-0.15, -0.1) is 0 Å². The van der Waals surface area contributed by atoms with E-state index >= 15 is 0 Å². The zero-order valence-electron chi connectivity index (χ0n) is 16.4. The molecule has 2 aliphatic rings. The van der Waals surface area contributed by atoms with Crippen molar-refractivity contribution in [2.24, 2.45) is 7.05 Å². The number of aromatic nitrogens is 3. The van der Waals surface area contributed by atoms with Crippen LogP contribution in [0.2, 0.25) is 0 Å². The number of carboxylic acids is 1. The second-order valence-corrected chi connectivity index (χ2v) is 7.69. The molecule has 2 aromatic rings. The van der Waals surface area contributed by atoms with E-state index in [0.717, 1.165) is 23.9 Å². The maximum atomic E-state index is 11.9. The fourth-order valence-electron chi connectivity index (χ4n) is 4.45. The van der Waals surface area contributed by atoms with Crippen molar-refractivity contribution in [3.05, 3.63) is 17.5 Å². The van der Waals surface area contributed by atoms with Crippen molar-refractivity contribution in [1.29, 1.82) is 0 Å². The zero-order chi connectivity index (χ0) is 20.1. The number of pyridine rings is 1. The molecule has 0 atom stereocenters. The molecule has 2 aliphatic heterocycles. The fourth-order valence-corrected chi connectivity index (χ4v) is 4.45. The molecular weight excluding hydrogens is 362 g/mol. The highest BCUT2D eigenvalue weighted by Crippen LogP contribution is 2.37. The van der Waals surface area contributed by atoms with Gasteiger partial charge in [-0.1, -0.05) is 0 Å². The van der Waals surface area contributed by atoms with E-state index in [4.69, 9.17) is 4.74 Å². The van der Waals surface area contributed by atoms with Crippen LogP contribution in [0.25, 0.3) is 11.0 Å². The Bertz CT molecular complexity index is 945. The maximum Gasteiger partial charge on any atom is 0.339 e. The van der Waals surface area contributed by atoms with Gasteiger partial charge >= 0.3 is 5.97 Å². The summed E-state index contributed by atoms with van der Waals surface area (Å²) >= 11 is 0. The number of carbonyl (C=O) groups excluding carboxylic acids is 1. The lowest BCUT2D eigenvalue weighted by Gasteiger charge is -2.48. The van der Waals surface area contributed by atoms with E-state index in [9.17, 15) is 14.7 Å². The van der Waals surface area contributed by atoms with Crippen molar-refractivity contribution in [3.8, 4) is 0 Å². The van der Waals surface area contributed by atoms with Gasteiger partial charge in [-0.2, -0.15) is 5.10 Å². The number of piperidine rings is 1. The molecule has 9 heteroatoms. The van der Waals surface area contributed by atoms with Crippen LogP contribution in [-0.4, -0.2) is 75.0 Å². The number of fused-ring (bicyclic) bond motifs is 1. The first-order valence-corrected chi connectivity index (χ1v) is 9.51. The summed E-state index contributed by atoms with van der Waals surface area (Å²) in [5, 5.41) is 15.0. The van der Waals surface area contributed by atoms with Gasteiger partial charge < -0.3 is 19.6 Å². The van der Waals surface area contributed by atoms with Crippen LogP contribution in [0.4, 0.5) is 5.69 Å². The Morgan fingerprint density at radius 3 is 2.61 bits per heavy atom. The average molecular weight is 387 g/mol. The first kappa shape index (κ1) is 18.7.